The Bertz CT molecular complexity index is 206. The summed E-state index contributed by atoms with van der Waals surface area (Å²) < 4.78 is 5.34. The number of carboxylic acids is 1. The van der Waals surface area contributed by atoms with Crippen LogP contribution in [-0.4, -0.2) is 47.8 Å². The Kier molecular flexibility index (Phi) is 3.89. The summed E-state index contributed by atoms with van der Waals surface area (Å²) in [5, 5.41) is 9.07. The van der Waals surface area contributed by atoms with Gasteiger partial charge in [0, 0.05) is 13.1 Å². The van der Waals surface area contributed by atoms with E-state index in [-0.39, 0.29) is 6.10 Å². The molecule has 1 rings (SSSR count). The van der Waals surface area contributed by atoms with Crippen LogP contribution in [0.25, 0.3) is 0 Å². The highest BCUT2D eigenvalue weighted by Crippen LogP contribution is 2.15. The summed E-state index contributed by atoms with van der Waals surface area (Å²) in [5.41, 5.74) is 0. The lowest BCUT2D eigenvalue weighted by Gasteiger charge is -2.38. The van der Waals surface area contributed by atoms with Gasteiger partial charge in [-0.05, 0) is 12.8 Å². The second-order valence-corrected chi connectivity index (χ2v) is 4.25. The van der Waals surface area contributed by atoms with Gasteiger partial charge in [0.15, 0.2) is 0 Å². The van der Waals surface area contributed by atoms with Gasteiger partial charge in [0.1, 0.15) is 6.04 Å². The minimum absolute atomic E-state index is 0.208. The number of carboxylic acid groups (broad SMARTS) is 1. The molecule has 0 saturated carbocycles. The maximum Gasteiger partial charge on any atom is 0.323 e. The minimum atomic E-state index is -0.780. The molecule has 0 radical (unpaired) electrons. The van der Waals surface area contributed by atoms with Crippen LogP contribution in [0.15, 0.2) is 0 Å². The van der Waals surface area contributed by atoms with Gasteiger partial charge >= 0.3 is 5.97 Å². The van der Waals surface area contributed by atoms with Crippen molar-refractivity contribution in [1.29, 1.82) is 0 Å². The Labute approximate surface area is 84.8 Å². The average molecular weight is 201 g/mol. The Balaban J connectivity index is 2.64. The van der Waals surface area contributed by atoms with Crippen LogP contribution in [0.1, 0.15) is 20.8 Å². The van der Waals surface area contributed by atoms with Gasteiger partial charge in [0.2, 0.25) is 0 Å². The Hall–Kier alpha value is -0.610. The minimum Gasteiger partial charge on any atom is -0.480 e. The van der Waals surface area contributed by atoms with Gasteiger partial charge in [0.05, 0.1) is 12.7 Å². The fourth-order valence-corrected chi connectivity index (χ4v) is 1.91. The number of rotatable bonds is 3. The Morgan fingerprint density at radius 1 is 1.64 bits per heavy atom. The van der Waals surface area contributed by atoms with Gasteiger partial charge in [0.25, 0.3) is 0 Å². The van der Waals surface area contributed by atoms with E-state index >= 15 is 0 Å². The highest BCUT2D eigenvalue weighted by Gasteiger charge is 2.35. The first-order valence-electron chi connectivity index (χ1n) is 5.11. The highest BCUT2D eigenvalue weighted by molar-refractivity contribution is 5.74. The van der Waals surface area contributed by atoms with E-state index in [2.05, 4.69) is 13.8 Å². The molecule has 2 atom stereocenters. The summed E-state index contributed by atoms with van der Waals surface area (Å²) >= 11 is 0. The van der Waals surface area contributed by atoms with E-state index in [1.54, 1.807) is 0 Å². The topological polar surface area (TPSA) is 49.8 Å². The van der Waals surface area contributed by atoms with Crippen LogP contribution in [0.4, 0.5) is 0 Å². The third kappa shape index (κ3) is 2.69. The molecule has 1 N–H and O–H groups in total. The van der Waals surface area contributed by atoms with Crippen molar-refractivity contribution in [2.45, 2.75) is 32.9 Å². The van der Waals surface area contributed by atoms with Crippen molar-refractivity contribution in [3.05, 3.63) is 0 Å². The van der Waals surface area contributed by atoms with E-state index in [1.165, 1.54) is 0 Å². The van der Waals surface area contributed by atoms with Gasteiger partial charge in [-0.25, -0.2) is 0 Å². The van der Waals surface area contributed by atoms with Crippen LogP contribution in [0.5, 0.6) is 0 Å². The normalized spacial score (nSPS) is 29.4. The van der Waals surface area contributed by atoms with Gasteiger partial charge < -0.3 is 9.84 Å². The number of hydrogen-bond acceptors (Lipinski definition) is 3. The second kappa shape index (κ2) is 4.75. The molecule has 0 aromatic rings. The van der Waals surface area contributed by atoms with Crippen molar-refractivity contribution in [2.75, 3.05) is 19.7 Å². The van der Waals surface area contributed by atoms with Crippen LogP contribution in [-0.2, 0) is 9.53 Å². The Morgan fingerprint density at radius 3 is 2.79 bits per heavy atom. The Morgan fingerprint density at radius 2 is 2.29 bits per heavy atom. The number of ether oxygens (including phenoxy) is 1. The van der Waals surface area contributed by atoms with Crippen LogP contribution < -0.4 is 0 Å². The summed E-state index contributed by atoms with van der Waals surface area (Å²) in [7, 11) is 0. The van der Waals surface area contributed by atoms with E-state index in [1.807, 2.05) is 11.8 Å². The lowest BCUT2D eigenvalue weighted by atomic mass is 10.1. The molecular formula is C10H19NO3. The molecule has 0 aromatic heterocycles. The molecule has 1 aliphatic rings. The number of morpholine rings is 1. The number of hydrogen-bond donors (Lipinski definition) is 1. The molecule has 0 aliphatic carbocycles. The number of nitrogens with zero attached hydrogens (tertiary/aromatic N) is 1. The first-order chi connectivity index (χ1) is 6.52. The summed E-state index contributed by atoms with van der Waals surface area (Å²) in [6, 6.07) is -0.480. The quantitative estimate of drug-likeness (QED) is 0.734. The van der Waals surface area contributed by atoms with Crippen molar-refractivity contribution in [2.24, 2.45) is 5.92 Å². The van der Waals surface area contributed by atoms with Crippen molar-refractivity contribution >= 4 is 5.97 Å². The molecular weight excluding hydrogens is 182 g/mol. The maximum absolute atomic E-state index is 11.0. The molecule has 2 unspecified atom stereocenters. The summed E-state index contributed by atoms with van der Waals surface area (Å²) in [6.07, 6.45) is -0.208. The maximum atomic E-state index is 11.0. The average Bonchev–Trinajstić information content (AvgIpc) is 2.01. The van der Waals surface area contributed by atoms with E-state index < -0.39 is 12.0 Å². The summed E-state index contributed by atoms with van der Waals surface area (Å²) in [5.74, 6) is -0.292. The SMILES string of the molecule is CC(C)CN1CCOC(C)C1C(=O)O. The zero-order valence-electron chi connectivity index (χ0n) is 9.06. The molecule has 1 aliphatic heterocycles. The monoisotopic (exact) mass is 201 g/mol. The third-order valence-electron chi connectivity index (χ3n) is 2.45. The largest absolute Gasteiger partial charge is 0.480 e. The fourth-order valence-electron chi connectivity index (χ4n) is 1.91. The van der Waals surface area contributed by atoms with E-state index in [0.29, 0.717) is 12.5 Å². The number of aliphatic carboxylic acids is 1. The van der Waals surface area contributed by atoms with Crippen molar-refractivity contribution < 1.29 is 14.6 Å². The van der Waals surface area contributed by atoms with Crippen molar-refractivity contribution in [1.82, 2.24) is 4.90 Å². The predicted molar refractivity (Wildman–Crippen MR) is 53.2 cm³/mol. The molecule has 14 heavy (non-hydrogen) atoms. The third-order valence-corrected chi connectivity index (χ3v) is 2.45. The standard InChI is InChI=1S/C10H19NO3/c1-7(2)6-11-4-5-14-8(3)9(11)10(12)13/h7-9H,4-6H2,1-3H3,(H,12,13). The molecule has 0 spiro atoms. The van der Waals surface area contributed by atoms with Crippen LogP contribution in [0.3, 0.4) is 0 Å². The fraction of sp³-hybridized carbons (Fsp3) is 0.900. The molecule has 0 amide bonds. The lowest BCUT2D eigenvalue weighted by molar-refractivity contribution is -0.156. The zero-order valence-corrected chi connectivity index (χ0v) is 9.06. The smallest absolute Gasteiger partial charge is 0.323 e. The molecule has 1 fully saturated rings. The van der Waals surface area contributed by atoms with Crippen LogP contribution in [0, 0.1) is 5.92 Å². The molecule has 4 heteroatoms. The predicted octanol–water partition coefficient (Wildman–Crippen LogP) is 0.816. The first kappa shape index (κ1) is 11.5. The summed E-state index contributed by atoms with van der Waals surface area (Å²) in [4.78, 5) is 13.0. The molecule has 0 aromatic carbocycles. The van der Waals surface area contributed by atoms with Gasteiger partial charge in [-0.3, -0.25) is 9.69 Å². The molecule has 1 saturated heterocycles. The van der Waals surface area contributed by atoms with Crippen molar-refractivity contribution in [3.63, 3.8) is 0 Å². The van der Waals surface area contributed by atoms with Gasteiger partial charge in [-0.2, -0.15) is 0 Å². The molecule has 4 nitrogen and oxygen atoms in total. The van der Waals surface area contributed by atoms with Crippen LogP contribution in [0.2, 0.25) is 0 Å². The molecule has 0 bridgehead atoms. The first-order valence-corrected chi connectivity index (χ1v) is 5.11. The van der Waals surface area contributed by atoms with Gasteiger partial charge in [-0.15, -0.1) is 0 Å². The van der Waals surface area contributed by atoms with Crippen molar-refractivity contribution in [3.8, 4) is 0 Å². The highest BCUT2D eigenvalue weighted by atomic mass is 16.5. The summed E-state index contributed by atoms with van der Waals surface area (Å²) in [6.45, 7) is 8.20. The zero-order chi connectivity index (χ0) is 10.7. The van der Waals surface area contributed by atoms with E-state index in [4.69, 9.17) is 9.84 Å². The van der Waals surface area contributed by atoms with E-state index in [9.17, 15) is 4.79 Å². The van der Waals surface area contributed by atoms with Gasteiger partial charge in [-0.1, -0.05) is 13.8 Å². The second-order valence-electron chi connectivity index (χ2n) is 4.25. The molecule has 82 valence electrons. The van der Waals surface area contributed by atoms with Crippen LogP contribution >= 0.6 is 0 Å². The molecule has 1 heterocycles. The lowest BCUT2D eigenvalue weighted by Crippen LogP contribution is -2.55. The van der Waals surface area contributed by atoms with E-state index in [0.717, 1.165) is 13.1 Å². The number of carbonyl (C=O) groups is 1.